The number of hydrogen-bond acceptors (Lipinski definition) is 6. The summed E-state index contributed by atoms with van der Waals surface area (Å²) < 4.78 is 82.9. The van der Waals surface area contributed by atoms with Gasteiger partial charge in [0.05, 0.1) is 12.8 Å². The molecule has 0 saturated heterocycles. The molecule has 1 aromatic heterocycles. The minimum absolute atomic E-state index is 0.0105. The highest BCUT2D eigenvalue weighted by molar-refractivity contribution is 6.10. The fourth-order valence-electron chi connectivity index (χ4n) is 3.08. The molecule has 30 heavy (non-hydrogen) atoms. The molecule has 1 aromatic carbocycles. The van der Waals surface area contributed by atoms with Crippen molar-refractivity contribution in [3.05, 3.63) is 41.1 Å². The first kappa shape index (κ1) is 21.6. The Hall–Kier alpha value is -3.09. The van der Waals surface area contributed by atoms with Crippen molar-refractivity contribution in [2.24, 2.45) is 0 Å². The highest BCUT2D eigenvalue weighted by Crippen LogP contribution is 2.50. The van der Waals surface area contributed by atoms with Crippen LogP contribution in [-0.4, -0.2) is 47.0 Å². The zero-order valence-corrected chi connectivity index (χ0v) is 15.2. The van der Waals surface area contributed by atoms with Gasteiger partial charge in [0.25, 0.3) is 11.5 Å². The number of aliphatic hydroxyl groups is 1. The maximum atomic E-state index is 13.0. The number of hydrogen-bond donors (Lipinski definition) is 2. The van der Waals surface area contributed by atoms with Gasteiger partial charge in [0, 0.05) is 24.2 Å². The molecule has 1 amide bonds. The summed E-state index contributed by atoms with van der Waals surface area (Å²) in [5, 5.41) is 9.45. The monoisotopic (exact) mass is 436 g/mol. The molecule has 0 atom stereocenters. The molecular weight excluding hydrogens is 422 g/mol. The van der Waals surface area contributed by atoms with Crippen LogP contribution in [0.15, 0.2) is 24.3 Å². The van der Waals surface area contributed by atoms with Gasteiger partial charge in [0.2, 0.25) is 0 Å². The van der Waals surface area contributed by atoms with E-state index in [-0.39, 0.29) is 36.0 Å². The topological polar surface area (TPSA) is 102 Å². The van der Waals surface area contributed by atoms with Crippen LogP contribution in [0.1, 0.15) is 21.6 Å². The second-order valence-electron chi connectivity index (χ2n) is 6.38. The number of aromatic nitrogens is 2. The molecule has 0 unspecified atom stereocenters. The molecule has 3 rings (SSSR count). The second-order valence-corrected chi connectivity index (χ2v) is 6.38. The lowest BCUT2D eigenvalue weighted by Gasteiger charge is -2.33. The largest absolute Gasteiger partial charge is 0.467 e. The first-order valence-electron chi connectivity index (χ1n) is 8.30. The molecular formula is C17H14F6N4O3. The zero-order valence-electron chi connectivity index (χ0n) is 15.2. The molecule has 0 radical (unpaired) electrons. The average molecular weight is 436 g/mol. The molecule has 0 spiro atoms. The van der Waals surface area contributed by atoms with Gasteiger partial charge in [-0.15, -0.1) is 0 Å². The van der Waals surface area contributed by atoms with Crippen LogP contribution >= 0.6 is 0 Å². The van der Waals surface area contributed by atoms with Gasteiger partial charge in [0.15, 0.2) is 0 Å². The van der Waals surface area contributed by atoms with Gasteiger partial charge < -0.3 is 20.5 Å². The molecule has 7 nitrogen and oxygen atoms in total. The lowest BCUT2D eigenvalue weighted by molar-refractivity contribution is -0.376. The lowest BCUT2D eigenvalue weighted by atomic mass is 9.92. The average Bonchev–Trinajstić information content (AvgIpc) is 2.65. The van der Waals surface area contributed by atoms with E-state index >= 15 is 0 Å². The van der Waals surface area contributed by atoms with Crippen molar-refractivity contribution in [2.75, 3.05) is 24.3 Å². The number of fused-ring (bicyclic) bond motifs is 1. The summed E-state index contributed by atoms with van der Waals surface area (Å²) in [6.07, 6.45) is -11.8. The summed E-state index contributed by atoms with van der Waals surface area (Å²) >= 11 is 0. The van der Waals surface area contributed by atoms with Crippen molar-refractivity contribution in [2.45, 2.75) is 24.4 Å². The second kappa shape index (κ2) is 7.00. The first-order chi connectivity index (χ1) is 13.8. The highest BCUT2D eigenvalue weighted by atomic mass is 19.4. The number of benzene rings is 1. The number of amides is 1. The van der Waals surface area contributed by atoms with Crippen molar-refractivity contribution in [3.63, 3.8) is 0 Å². The molecule has 0 aliphatic carbocycles. The number of halogens is 6. The first-order valence-corrected chi connectivity index (χ1v) is 8.30. The minimum atomic E-state index is -6.00. The summed E-state index contributed by atoms with van der Waals surface area (Å²) in [6.45, 7) is 0.0353. The lowest BCUT2D eigenvalue weighted by Crippen LogP contribution is -2.53. The SMILES string of the molecule is COc1nc(N)c2c(n1)CCN(c1ccc(C(O)(C(F)(F)F)C(F)(F)F)cc1)C2=O. The third-order valence-corrected chi connectivity index (χ3v) is 4.62. The summed E-state index contributed by atoms with van der Waals surface area (Å²) in [7, 11) is 1.31. The molecule has 0 saturated carbocycles. The number of carbonyl (C=O) groups is 1. The molecule has 162 valence electrons. The van der Waals surface area contributed by atoms with Gasteiger partial charge in [-0.2, -0.15) is 36.3 Å². The summed E-state index contributed by atoms with van der Waals surface area (Å²) in [5.41, 5.74) is -0.431. The number of carbonyl (C=O) groups excluding carboxylic acids is 1. The number of methoxy groups -OCH3 is 1. The Morgan fingerprint density at radius 2 is 1.63 bits per heavy atom. The maximum absolute atomic E-state index is 13.0. The van der Waals surface area contributed by atoms with Crippen LogP contribution in [0.5, 0.6) is 6.01 Å². The Labute approximate surface area is 165 Å². The number of nitrogen functional groups attached to an aromatic ring is 1. The van der Waals surface area contributed by atoms with Gasteiger partial charge in [-0.05, 0) is 12.1 Å². The van der Waals surface area contributed by atoms with E-state index in [0.717, 1.165) is 17.0 Å². The van der Waals surface area contributed by atoms with E-state index in [9.17, 15) is 36.2 Å². The number of alkyl halides is 6. The van der Waals surface area contributed by atoms with Crippen LogP contribution in [-0.2, 0) is 12.0 Å². The zero-order chi connectivity index (χ0) is 22.5. The fourth-order valence-corrected chi connectivity index (χ4v) is 3.08. The van der Waals surface area contributed by atoms with Crippen LogP contribution in [0.4, 0.5) is 37.8 Å². The molecule has 1 aliphatic rings. The molecule has 13 heteroatoms. The maximum Gasteiger partial charge on any atom is 0.430 e. The number of ether oxygens (including phenoxy) is 1. The van der Waals surface area contributed by atoms with Crippen molar-refractivity contribution >= 4 is 17.4 Å². The predicted molar refractivity (Wildman–Crippen MR) is 90.8 cm³/mol. The van der Waals surface area contributed by atoms with Crippen molar-refractivity contribution < 1.29 is 41.0 Å². The van der Waals surface area contributed by atoms with E-state index in [0.29, 0.717) is 17.8 Å². The normalized spacial score (nSPS) is 15.2. The van der Waals surface area contributed by atoms with Crippen molar-refractivity contribution in [1.29, 1.82) is 0 Å². The Morgan fingerprint density at radius 3 is 2.13 bits per heavy atom. The fraction of sp³-hybridized carbons (Fsp3) is 0.353. The van der Waals surface area contributed by atoms with Gasteiger partial charge in [-0.25, -0.2) is 0 Å². The van der Waals surface area contributed by atoms with Crippen molar-refractivity contribution in [1.82, 2.24) is 9.97 Å². The molecule has 2 aromatic rings. The third-order valence-electron chi connectivity index (χ3n) is 4.62. The number of nitrogens with zero attached hydrogens (tertiary/aromatic N) is 3. The molecule has 0 fully saturated rings. The van der Waals surface area contributed by atoms with Crippen LogP contribution < -0.4 is 15.4 Å². The van der Waals surface area contributed by atoms with Crippen LogP contribution in [0.2, 0.25) is 0 Å². The Kier molecular flexibility index (Phi) is 5.05. The van der Waals surface area contributed by atoms with Crippen LogP contribution in [0.25, 0.3) is 0 Å². The number of anilines is 2. The summed E-state index contributed by atoms with van der Waals surface area (Å²) in [6, 6.07) is 2.64. The minimum Gasteiger partial charge on any atom is -0.467 e. The third kappa shape index (κ3) is 3.28. The highest BCUT2D eigenvalue weighted by Gasteiger charge is 2.71. The number of rotatable bonds is 3. The van der Waals surface area contributed by atoms with E-state index in [1.165, 1.54) is 7.11 Å². The Balaban J connectivity index is 1.97. The van der Waals surface area contributed by atoms with Crippen molar-refractivity contribution in [3.8, 4) is 6.01 Å². The van der Waals surface area contributed by atoms with E-state index in [1.807, 2.05) is 0 Å². The molecule has 0 bridgehead atoms. The van der Waals surface area contributed by atoms with Gasteiger partial charge >= 0.3 is 18.4 Å². The molecule has 1 aliphatic heterocycles. The summed E-state index contributed by atoms with van der Waals surface area (Å²) in [5.74, 6) is -0.849. The smallest absolute Gasteiger partial charge is 0.430 e. The van der Waals surface area contributed by atoms with Gasteiger partial charge in [-0.1, -0.05) is 12.1 Å². The molecule has 2 heterocycles. The van der Waals surface area contributed by atoms with E-state index in [2.05, 4.69) is 9.97 Å². The van der Waals surface area contributed by atoms with E-state index < -0.39 is 29.4 Å². The van der Waals surface area contributed by atoms with Crippen LogP contribution in [0.3, 0.4) is 0 Å². The van der Waals surface area contributed by atoms with Gasteiger partial charge in [-0.3, -0.25) is 4.79 Å². The summed E-state index contributed by atoms with van der Waals surface area (Å²) in [4.78, 5) is 21.7. The Bertz CT molecular complexity index is 961. The van der Waals surface area contributed by atoms with Crippen LogP contribution in [0, 0.1) is 0 Å². The van der Waals surface area contributed by atoms with Gasteiger partial charge in [0.1, 0.15) is 11.4 Å². The number of nitrogens with two attached hydrogens (primary N) is 1. The Morgan fingerprint density at radius 1 is 1.07 bits per heavy atom. The quantitative estimate of drug-likeness (QED) is 0.718. The van der Waals surface area contributed by atoms with E-state index in [4.69, 9.17) is 10.5 Å². The molecule has 3 N–H and O–H groups in total. The predicted octanol–water partition coefficient (Wildman–Crippen LogP) is 2.58. The standard InChI is InChI=1S/C17H14F6N4O3/c1-30-14-25-10-6-7-27(13(28)11(10)12(24)26-14)9-4-2-8(3-5-9)15(29,16(18,19)20)17(21,22)23/h2-5,29H,6-7H2,1H3,(H2,24,25,26). The van der Waals surface area contributed by atoms with E-state index in [1.54, 1.807) is 0 Å².